The van der Waals surface area contributed by atoms with Crippen molar-refractivity contribution in [2.45, 2.75) is 0 Å². The summed E-state index contributed by atoms with van der Waals surface area (Å²) in [6.45, 7) is 0.194. The van der Waals surface area contributed by atoms with E-state index in [1.165, 1.54) is 4.90 Å². The first-order valence-corrected chi connectivity index (χ1v) is 6.75. The van der Waals surface area contributed by atoms with Gasteiger partial charge in [0.05, 0.1) is 12.7 Å². The summed E-state index contributed by atoms with van der Waals surface area (Å²) in [5.41, 5.74) is 2.10. The van der Waals surface area contributed by atoms with Crippen LogP contribution >= 0.6 is 0 Å². The molecule has 6 nitrogen and oxygen atoms in total. The summed E-state index contributed by atoms with van der Waals surface area (Å²) in [5, 5.41) is 0. The van der Waals surface area contributed by atoms with Crippen molar-refractivity contribution in [1.29, 1.82) is 0 Å². The van der Waals surface area contributed by atoms with Crippen LogP contribution in [0.15, 0.2) is 30.6 Å². The highest BCUT2D eigenvalue weighted by Gasteiger charge is 2.19. The average Bonchev–Trinajstić information content (AvgIpc) is 3.00. The standard InChI is InChI=1S/C16H16N2O4/c1-18(2)16(19)11-4-10(7-17-8-11)12-5-14-15(22-9-21-14)6-13(12)20-3/h4-8H,9H2,1-3H3. The fraction of sp³-hybridized carbons (Fsp3) is 0.250. The number of ether oxygens (including phenoxy) is 3. The monoisotopic (exact) mass is 300 g/mol. The minimum Gasteiger partial charge on any atom is -0.496 e. The molecule has 1 aromatic carbocycles. The molecule has 22 heavy (non-hydrogen) atoms. The van der Waals surface area contributed by atoms with Crippen LogP contribution in [-0.4, -0.2) is 43.8 Å². The first-order valence-electron chi connectivity index (χ1n) is 6.75. The van der Waals surface area contributed by atoms with E-state index in [1.54, 1.807) is 45.7 Å². The normalized spacial score (nSPS) is 12.1. The summed E-state index contributed by atoms with van der Waals surface area (Å²) in [7, 11) is 5.00. The van der Waals surface area contributed by atoms with Crippen LogP contribution in [-0.2, 0) is 0 Å². The number of hydrogen-bond donors (Lipinski definition) is 0. The Morgan fingerprint density at radius 2 is 1.91 bits per heavy atom. The van der Waals surface area contributed by atoms with Crippen molar-refractivity contribution in [3.8, 4) is 28.4 Å². The molecule has 2 heterocycles. The second-order valence-electron chi connectivity index (χ2n) is 5.07. The van der Waals surface area contributed by atoms with Crippen LogP contribution in [0.3, 0.4) is 0 Å². The molecule has 0 N–H and O–H groups in total. The van der Waals surface area contributed by atoms with Crippen molar-refractivity contribution in [3.05, 3.63) is 36.2 Å². The number of aromatic nitrogens is 1. The van der Waals surface area contributed by atoms with Crippen LogP contribution in [0, 0.1) is 0 Å². The van der Waals surface area contributed by atoms with Crippen molar-refractivity contribution in [2.24, 2.45) is 0 Å². The molecule has 0 aliphatic carbocycles. The first-order chi connectivity index (χ1) is 10.6. The molecule has 6 heteroatoms. The van der Waals surface area contributed by atoms with Gasteiger partial charge < -0.3 is 19.1 Å². The lowest BCUT2D eigenvalue weighted by Gasteiger charge is -2.13. The summed E-state index contributed by atoms with van der Waals surface area (Å²) in [6, 6.07) is 5.40. The number of amides is 1. The molecule has 1 aliphatic rings. The van der Waals surface area contributed by atoms with E-state index in [0.717, 1.165) is 11.1 Å². The lowest BCUT2D eigenvalue weighted by atomic mass is 10.0. The molecule has 0 saturated heterocycles. The molecule has 1 aromatic heterocycles. The third-order valence-corrected chi connectivity index (χ3v) is 3.40. The summed E-state index contributed by atoms with van der Waals surface area (Å²) in [4.78, 5) is 17.7. The second-order valence-corrected chi connectivity index (χ2v) is 5.07. The Morgan fingerprint density at radius 3 is 2.59 bits per heavy atom. The first kappa shape index (κ1) is 14.2. The molecular formula is C16H16N2O4. The van der Waals surface area contributed by atoms with E-state index in [0.29, 0.717) is 22.8 Å². The van der Waals surface area contributed by atoms with Crippen molar-refractivity contribution < 1.29 is 19.0 Å². The van der Waals surface area contributed by atoms with Gasteiger partial charge >= 0.3 is 0 Å². The third kappa shape index (κ3) is 2.43. The molecule has 1 aliphatic heterocycles. The molecular weight excluding hydrogens is 284 g/mol. The lowest BCUT2D eigenvalue weighted by molar-refractivity contribution is 0.0827. The molecule has 2 aromatic rings. The van der Waals surface area contributed by atoms with E-state index < -0.39 is 0 Å². The van der Waals surface area contributed by atoms with Gasteiger partial charge in [-0.25, -0.2) is 0 Å². The van der Waals surface area contributed by atoms with Crippen LogP contribution < -0.4 is 14.2 Å². The molecule has 0 fully saturated rings. The van der Waals surface area contributed by atoms with Crippen molar-refractivity contribution in [1.82, 2.24) is 9.88 Å². The summed E-state index contributed by atoms with van der Waals surface area (Å²) in [5.74, 6) is 1.84. The molecule has 0 unspecified atom stereocenters. The summed E-state index contributed by atoms with van der Waals surface area (Å²) >= 11 is 0. The van der Waals surface area contributed by atoms with Crippen molar-refractivity contribution in [3.63, 3.8) is 0 Å². The van der Waals surface area contributed by atoms with Gasteiger partial charge in [-0.15, -0.1) is 0 Å². The number of carbonyl (C=O) groups excluding carboxylic acids is 1. The maximum atomic E-state index is 12.1. The number of nitrogens with zero attached hydrogens (tertiary/aromatic N) is 2. The second kappa shape index (κ2) is 5.55. The predicted molar refractivity (Wildman–Crippen MR) is 80.4 cm³/mol. The molecule has 3 rings (SSSR count). The molecule has 0 atom stereocenters. The quantitative estimate of drug-likeness (QED) is 0.869. The van der Waals surface area contributed by atoms with Gasteiger partial charge in [-0.05, 0) is 12.1 Å². The van der Waals surface area contributed by atoms with Gasteiger partial charge in [0.1, 0.15) is 5.75 Å². The number of carbonyl (C=O) groups is 1. The fourth-order valence-corrected chi connectivity index (χ4v) is 2.28. The topological polar surface area (TPSA) is 60.9 Å². The van der Waals surface area contributed by atoms with Crippen LogP contribution in [0.25, 0.3) is 11.1 Å². The predicted octanol–water partition coefficient (Wildman–Crippen LogP) is 2.19. The maximum Gasteiger partial charge on any atom is 0.254 e. The van der Waals surface area contributed by atoms with Crippen LogP contribution in [0.2, 0.25) is 0 Å². The smallest absolute Gasteiger partial charge is 0.254 e. The zero-order valence-corrected chi connectivity index (χ0v) is 12.6. The van der Waals surface area contributed by atoms with Gasteiger partial charge in [0.2, 0.25) is 6.79 Å². The number of hydrogen-bond acceptors (Lipinski definition) is 5. The highest BCUT2D eigenvalue weighted by Crippen LogP contribution is 2.42. The highest BCUT2D eigenvalue weighted by atomic mass is 16.7. The fourth-order valence-electron chi connectivity index (χ4n) is 2.28. The Bertz CT molecular complexity index is 728. The van der Waals surface area contributed by atoms with E-state index in [4.69, 9.17) is 14.2 Å². The van der Waals surface area contributed by atoms with Crippen LogP contribution in [0.4, 0.5) is 0 Å². The van der Waals surface area contributed by atoms with Gasteiger partial charge in [0.25, 0.3) is 5.91 Å². The number of pyridine rings is 1. The summed E-state index contributed by atoms with van der Waals surface area (Å²) in [6.07, 6.45) is 3.23. The maximum absolute atomic E-state index is 12.1. The third-order valence-electron chi connectivity index (χ3n) is 3.40. The Kier molecular flexibility index (Phi) is 3.58. The Hall–Kier alpha value is -2.76. The zero-order chi connectivity index (χ0) is 15.7. The van der Waals surface area contributed by atoms with Crippen molar-refractivity contribution in [2.75, 3.05) is 28.0 Å². The van der Waals surface area contributed by atoms with E-state index in [9.17, 15) is 4.79 Å². The molecule has 1 amide bonds. The SMILES string of the molecule is COc1cc2c(cc1-c1cncc(C(=O)N(C)C)c1)OCO2. The lowest BCUT2D eigenvalue weighted by Crippen LogP contribution is -2.21. The van der Waals surface area contributed by atoms with Gasteiger partial charge in [-0.3, -0.25) is 9.78 Å². The summed E-state index contributed by atoms with van der Waals surface area (Å²) < 4.78 is 16.2. The Balaban J connectivity index is 2.08. The molecule has 0 spiro atoms. The molecule has 0 bridgehead atoms. The molecule has 0 saturated carbocycles. The highest BCUT2D eigenvalue weighted by molar-refractivity contribution is 5.95. The number of benzene rings is 1. The number of fused-ring (bicyclic) bond motifs is 1. The van der Waals surface area contributed by atoms with Crippen LogP contribution in [0.5, 0.6) is 17.2 Å². The van der Waals surface area contributed by atoms with E-state index in [1.807, 2.05) is 6.07 Å². The molecule has 0 radical (unpaired) electrons. The zero-order valence-electron chi connectivity index (χ0n) is 12.6. The minimum absolute atomic E-state index is 0.103. The Morgan fingerprint density at radius 1 is 1.18 bits per heavy atom. The van der Waals surface area contributed by atoms with E-state index in [2.05, 4.69) is 4.98 Å². The van der Waals surface area contributed by atoms with Gasteiger partial charge in [-0.2, -0.15) is 0 Å². The number of rotatable bonds is 3. The van der Waals surface area contributed by atoms with E-state index in [-0.39, 0.29) is 12.7 Å². The minimum atomic E-state index is -0.103. The van der Waals surface area contributed by atoms with Gasteiger partial charge in [-0.1, -0.05) is 0 Å². The average molecular weight is 300 g/mol. The van der Waals surface area contributed by atoms with Crippen LogP contribution in [0.1, 0.15) is 10.4 Å². The number of methoxy groups -OCH3 is 1. The molecule has 114 valence electrons. The van der Waals surface area contributed by atoms with Gasteiger partial charge in [0.15, 0.2) is 11.5 Å². The van der Waals surface area contributed by atoms with Gasteiger partial charge in [0, 0.05) is 43.7 Å². The Labute approximate surface area is 128 Å². The van der Waals surface area contributed by atoms with E-state index >= 15 is 0 Å². The largest absolute Gasteiger partial charge is 0.496 e. The van der Waals surface area contributed by atoms with Crippen molar-refractivity contribution >= 4 is 5.91 Å².